The Kier molecular flexibility index (Phi) is 2.25. The number of anilines is 1. The lowest BCUT2D eigenvalue weighted by Crippen LogP contribution is -2.08. The molecule has 1 aromatic heterocycles. The first kappa shape index (κ1) is 9.21. The highest BCUT2D eigenvalue weighted by Gasteiger charge is 2.06. The fourth-order valence-electron chi connectivity index (χ4n) is 1.48. The van der Waals surface area contributed by atoms with E-state index in [2.05, 4.69) is 11.0 Å². The molecular weight excluding hydrogens is 194 g/mol. The van der Waals surface area contributed by atoms with E-state index < -0.39 is 0 Å². The molecule has 0 N–H and O–H groups in total. The highest BCUT2D eigenvalue weighted by Crippen LogP contribution is 2.32. The Hall–Kier alpha value is -1.35. The van der Waals surface area contributed by atoms with Gasteiger partial charge in [-0.3, -0.25) is 4.79 Å². The van der Waals surface area contributed by atoms with Crippen LogP contribution in [0.1, 0.15) is 9.67 Å². The normalized spacial score (nSPS) is 10.4. The number of fused-ring (bicyclic) bond motifs is 1. The van der Waals surface area contributed by atoms with E-state index in [1.807, 2.05) is 32.3 Å². The molecule has 2 nitrogen and oxygen atoms in total. The third-order valence-corrected chi connectivity index (χ3v) is 3.24. The van der Waals surface area contributed by atoms with E-state index >= 15 is 0 Å². The Balaban J connectivity index is 2.72. The van der Waals surface area contributed by atoms with E-state index in [1.165, 1.54) is 10.4 Å². The summed E-state index contributed by atoms with van der Waals surface area (Å²) >= 11 is 1.54. The fraction of sp³-hybridized carbons (Fsp3) is 0.182. The average Bonchev–Trinajstić information content (AvgIpc) is 2.59. The average molecular weight is 205 g/mol. The number of hydrogen-bond acceptors (Lipinski definition) is 3. The lowest BCUT2D eigenvalue weighted by molar-refractivity contribution is 0.112. The van der Waals surface area contributed by atoms with Crippen LogP contribution in [0.3, 0.4) is 0 Å². The van der Waals surface area contributed by atoms with E-state index in [0.717, 1.165) is 16.5 Å². The molecule has 1 aromatic carbocycles. The molecule has 0 bridgehead atoms. The van der Waals surface area contributed by atoms with E-state index in [0.29, 0.717) is 0 Å². The minimum atomic E-state index is 0.786. The van der Waals surface area contributed by atoms with E-state index in [-0.39, 0.29) is 0 Å². The second kappa shape index (κ2) is 3.42. The zero-order valence-corrected chi connectivity index (χ0v) is 8.97. The molecular formula is C11H11NOS. The zero-order valence-electron chi connectivity index (χ0n) is 8.15. The van der Waals surface area contributed by atoms with Crippen LogP contribution < -0.4 is 4.90 Å². The van der Waals surface area contributed by atoms with Crippen molar-refractivity contribution in [2.45, 2.75) is 0 Å². The van der Waals surface area contributed by atoms with Crippen LogP contribution in [-0.2, 0) is 0 Å². The number of aldehydes is 1. The standard InChI is InChI=1S/C11H11NOS/c1-12(2)10-5-3-4-8-6-9(7-13)14-11(8)10/h3-7H,1-2H3. The van der Waals surface area contributed by atoms with Gasteiger partial charge in [-0.1, -0.05) is 12.1 Å². The minimum Gasteiger partial charge on any atom is -0.377 e. The molecule has 0 spiro atoms. The van der Waals surface area contributed by atoms with Crippen molar-refractivity contribution >= 4 is 33.4 Å². The van der Waals surface area contributed by atoms with Gasteiger partial charge in [0.1, 0.15) is 0 Å². The van der Waals surface area contributed by atoms with Gasteiger partial charge in [0.05, 0.1) is 15.3 Å². The number of rotatable bonds is 2. The van der Waals surface area contributed by atoms with Gasteiger partial charge >= 0.3 is 0 Å². The molecule has 0 aliphatic heterocycles. The van der Waals surface area contributed by atoms with Gasteiger partial charge in [-0.05, 0) is 17.5 Å². The summed E-state index contributed by atoms with van der Waals surface area (Å²) in [6.07, 6.45) is 0.907. The van der Waals surface area contributed by atoms with E-state index in [9.17, 15) is 4.79 Å². The van der Waals surface area contributed by atoms with Crippen LogP contribution in [0.5, 0.6) is 0 Å². The van der Waals surface area contributed by atoms with Crippen LogP contribution in [-0.4, -0.2) is 20.4 Å². The zero-order chi connectivity index (χ0) is 10.1. The quantitative estimate of drug-likeness (QED) is 0.703. The topological polar surface area (TPSA) is 20.3 Å². The SMILES string of the molecule is CN(C)c1cccc2cc(C=O)sc12. The predicted molar refractivity (Wildman–Crippen MR) is 61.5 cm³/mol. The van der Waals surface area contributed by atoms with Crippen molar-refractivity contribution in [2.24, 2.45) is 0 Å². The number of nitrogens with zero attached hydrogens (tertiary/aromatic N) is 1. The maximum absolute atomic E-state index is 10.7. The van der Waals surface area contributed by atoms with Gasteiger partial charge in [0.15, 0.2) is 6.29 Å². The third-order valence-electron chi connectivity index (χ3n) is 2.14. The van der Waals surface area contributed by atoms with Gasteiger partial charge < -0.3 is 4.90 Å². The number of carbonyl (C=O) groups excluding carboxylic acids is 1. The van der Waals surface area contributed by atoms with E-state index in [4.69, 9.17) is 0 Å². The van der Waals surface area contributed by atoms with Gasteiger partial charge in [-0.25, -0.2) is 0 Å². The highest BCUT2D eigenvalue weighted by atomic mass is 32.1. The highest BCUT2D eigenvalue weighted by molar-refractivity contribution is 7.21. The number of thiophene rings is 1. The molecule has 0 unspecified atom stereocenters. The van der Waals surface area contributed by atoms with Crippen molar-refractivity contribution < 1.29 is 4.79 Å². The summed E-state index contributed by atoms with van der Waals surface area (Å²) in [5, 5.41) is 1.14. The summed E-state index contributed by atoms with van der Waals surface area (Å²) in [5.74, 6) is 0. The van der Waals surface area contributed by atoms with Crippen molar-refractivity contribution in [3.63, 3.8) is 0 Å². The molecule has 1 heterocycles. The first-order valence-corrected chi connectivity index (χ1v) is 5.19. The number of carbonyl (C=O) groups is 1. The van der Waals surface area contributed by atoms with Gasteiger partial charge in [0.2, 0.25) is 0 Å². The predicted octanol–water partition coefficient (Wildman–Crippen LogP) is 2.78. The Bertz CT molecular complexity index is 473. The third kappa shape index (κ3) is 1.40. The molecule has 0 radical (unpaired) electrons. The molecule has 3 heteroatoms. The van der Waals surface area contributed by atoms with Crippen molar-refractivity contribution in [2.75, 3.05) is 19.0 Å². The molecule has 2 aromatic rings. The molecule has 72 valence electrons. The Morgan fingerprint density at radius 1 is 1.36 bits per heavy atom. The molecule has 0 fully saturated rings. The molecule has 2 rings (SSSR count). The van der Waals surface area contributed by atoms with Crippen molar-refractivity contribution in [3.8, 4) is 0 Å². The van der Waals surface area contributed by atoms with Gasteiger partial charge in [-0.2, -0.15) is 0 Å². The van der Waals surface area contributed by atoms with Crippen LogP contribution in [0, 0.1) is 0 Å². The summed E-state index contributed by atoms with van der Waals surface area (Å²) in [6, 6.07) is 8.04. The van der Waals surface area contributed by atoms with Crippen molar-refractivity contribution in [3.05, 3.63) is 29.1 Å². The molecule has 0 atom stereocenters. The van der Waals surface area contributed by atoms with Gasteiger partial charge in [-0.15, -0.1) is 11.3 Å². The maximum Gasteiger partial charge on any atom is 0.160 e. The van der Waals surface area contributed by atoms with Gasteiger partial charge in [0, 0.05) is 14.1 Å². The molecule has 0 saturated carbocycles. The van der Waals surface area contributed by atoms with Crippen LogP contribution in [0.2, 0.25) is 0 Å². The lowest BCUT2D eigenvalue weighted by Gasteiger charge is -2.12. The van der Waals surface area contributed by atoms with Crippen LogP contribution in [0.15, 0.2) is 24.3 Å². The van der Waals surface area contributed by atoms with Crippen molar-refractivity contribution in [1.29, 1.82) is 0 Å². The van der Waals surface area contributed by atoms with Crippen molar-refractivity contribution in [1.82, 2.24) is 0 Å². The number of hydrogen-bond donors (Lipinski definition) is 0. The van der Waals surface area contributed by atoms with Gasteiger partial charge in [0.25, 0.3) is 0 Å². The molecule has 0 aliphatic rings. The fourth-order valence-corrected chi connectivity index (χ4v) is 2.55. The second-order valence-corrected chi connectivity index (χ2v) is 4.44. The molecule has 0 saturated heterocycles. The summed E-state index contributed by atoms with van der Waals surface area (Å²) < 4.78 is 1.18. The first-order valence-electron chi connectivity index (χ1n) is 4.37. The summed E-state index contributed by atoms with van der Waals surface area (Å²) in [6.45, 7) is 0. The molecule has 0 aliphatic carbocycles. The van der Waals surface area contributed by atoms with Crippen LogP contribution >= 0.6 is 11.3 Å². The van der Waals surface area contributed by atoms with Crippen LogP contribution in [0.4, 0.5) is 5.69 Å². The van der Waals surface area contributed by atoms with E-state index in [1.54, 1.807) is 11.3 Å². The first-order chi connectivity index (χ1) is 6.72. The molecule has 14 heavy (non-hydrogen) atoms. The monoisotopic (exact) mass is 205 g/mol. The minimum absolute atomic E-state index is 0.786. The Labute approximate surface area is 86.8 Å². The smallest absolute Gasteiger partial charge is 0.160 e. The Morgan fingerprint density at radius 2 is 2.14 bits per heavy atom. The summed E-state index contributed by atoms with van der Waals surface area (Å²) in [7, 11) is 4.02. The Morgan fingerprint density at radius 3 is 2.79 bits per heavy atom. The second-order valence-electron chi connectivity index (χ2n) is 3.36. The summed E-state index contributed by atoms with van der Waals surface area (Å²) in [5.41, 5.74) is 1.17. The van der Waals surface area contributed by atoms with Crippen LogP contribution in [0.25, 0.3) is 10.1 Å². The molecule has 0 amide bonds. The lowest BCUT2D eigenvalue weighted by atomic mass is 10.2. The summed E-state index contributed by atoms with van der Waals surface area (Å²) in [4.78, 5) is 13.5. The maximum atomic E-state index is 10.7. The number of benzene rings is 1. The largest absolute Gasteiger partial charge is 0.377 e.